The Hall–Kier alpha value is -3.46. The minimum absolute atomic E-state index is 0.0927. The Morgan fingerprint density at radius 1 is 0.935 bits per heavy atom. The molecule has 0 radical (unpaired) electrons. The SMILES string of the molecule is NC(N)=NCCC[C@H](N)C(=O)NCC(=O)N[C@H](CCC(=O)O)C(=O)N[C@H](CO)C(=O)O. The summed E-state index contributed by atoms with van der Waals surface area (Å²) in [6, 6.07) is -3.97. The predicted octanol–water partition coefficient (Wildman–Crippen LogP) is -4.61. The van der Waals surface area contributed by atoms with Crippen LogP contribution in [0.1, 0.15) is 25.7 Å². The number of nitrogens with zero attached hydrogens (tertiary/aromatic N) is 1. The summed E-state index contributed by atoms with van der Waals surface area (Å²) < 4.78 is 0. The summed E-state index contributed by atoms with van der Waals surface area (Å²) in [7, 11) is 0. The van der Waals surface area contributed by atoms with Crippen LogP contribution in [-0.2, 0) is 24.0 Å². The molecule has 0 aromatic rings. The number of aliphatic hydroxyl groups excluding tert-OH is 1. The van der Waals surface area contributed by atoms with Crippen molar-refractivity contribution in [3.63, 3.8) is 0 Å². The second-order valence-corrected chi connectivity index (χ2v) is 6.41. The zero-order valence-corrected chi connectivity index (χ0v) is 16.7. The van der Waals surface area contributed by atoms with Gasteiger partial charge in [0.1, 0.15) is 12.1 Å². The molecule has 0 fully saturated rings. The number of nitrogens with one attached hydrogen (secondary N) is 3. The van der Waals surface area contributed by atoms with Crippen molar-refractivity contribution in [2.45, 2.75) is 43.8 Å². The quantitative estimate of drug-likeness (QED) is 0.0654. The first-order valence-electron chi connectivity index (χ1n) is 9.21. The number of nitrogens with two attached hydrogens (primary N) is 3. The molecule has 0 unspecified atom stereocenters. The number of aliphatic carboxylic acids is 2. The third-order valence-corrected chi connectivity index (χ3v) is 3.82. The number of hydrogen-bond donors (Lipinski definition) is 9. The molecule has 0 heterocycles. The van der Waals surface area contributed by atoms with E-state index in [1.807, 2.05) is 5.32 Å². The van der Waals surface area contributed by atoms with E-state index in [-0.39, 0.29) is 25.3 Å². The van der Waals surface area contributed by atoms with Gasteiger partial charge in [-0.2, -0.15) is 0 Å². The molecule has 0 aliphatic carbocycles. The zero-order valence-electron chi connectivity index (χ0n) is 16.7. The molecule has 15 heteroatoms. The van der Waals surface area contributed by atoms with E-state index >= 15 is 0 Å². The van der Waals surface area contributed by atoms with Crippen LogP contribution in [0.4, 0.5) is 0 Å². The smallest absolute Gasteiger partial charge is 0.328 e. The normalized spacial score (nSPS) is 13.2. The molecule has 12 N–H and O–H groups in total. The Labute approximate surface area is 177 Å². The van der Waals surface area contributed by atoms with Crippen LogP contribution >= 0.6 is 0 Å². The molecule has 0 bridgehead atoms. The topological polar surface area (TPSA) is 273 Å². The lowest BCUT2D eigenvalue weighted by Crippen LogP contribution is -2.54. The summed E-state index contributed by atoms with van der Waals surface area (Å²) in [5, 5.41) is 33.1. The van der Waals surface area contributed by atoms with Gasteiger partial charge >= 0.3 is 11.9 Å². The summed E-state index contributed by atoms with van der Waals surface area (Å²) in [5.41, 5.74) is 16.0. The van der Waals surface area contributed by atoms with Crippen molar-refractivity contribution < 1.29 is 39.3 Å². The van der Waals surface area contributed by atoms with E-state index in [9.17, 15) is 24.0 Å². The maximum atomic E-state index is 12.2. The van der Waals surface area contributed by atoms with Crippen molar-refractivity contribution in [2.75, 3.05) is 19.7 Å². The molecule has 3 atom stereocenters. The Bertz CT molecular complexity index is 681. The van der Waals surface area contributed by atoms with Crippen LogP contribution in [0.5, 0.6) is 0 Å². The van der Waals surface area contributed by atoms with Gasteiger partial charge in [-0.1, -0.05) is 0 Å². The average molecular weight is 447 g/mol. The Morgan fingerprint density at radius 3 is 2.10 bits per heavy atom. The average Bonchev–Trinajstić information content (AvgIpc) is 2.69. The Balaban J connectivity index is 4.71. The second kappa shape index (κ2) is 14.5. The molecule has 0 rings (SSSR count). The maximum absolute atomic E-state index is 12.2. The highest BCUT2D eigenvalue weighted by Crippen LogP contribution is 2.00. The van der Waals surface area contributed by atoms with Gasteiger partial charge < -0.3 is 48.5 Å². The van der Waals surface area contributed by atoms with E-state index in [4.69, 9.17) is 32.5 Å². The van der Waals surface area contributed by atoms with E-state index in [1.165, 1.54) is 0 Å². The van der Waals surface area contributed by atoms with Crippen LogP contribution in [0.15, 0.2) is 4.99 Å². The first-order valence-corrected chi connectivity index (χ1v) is 9.21. The van der Waals surface area contributed by atoms with Gasteiger partial charge in [0, 0.05) is 13.0 Å². The largest absolute Gasteiger partial charge is 0.481 e. The van der Waals surface area contributed by atoms with Gasteiger partial charge in [0.05, 0.1) is 19.2 Å². The molecule has 15 nitrogen and oxygen atoms in total. The highest BCUT2D eigenvalue weighted by atomic mass is 16.4. The highest BCUT2D eigenvalue weighted by Gasteiger charge is 2.27. The molecule has 0 spiro atoms. The van der Waals surface area contributed by atoms with E-state index < -0.39 is 67.4 Å². The molecular weight excluding hydrogens is 418 g/mol. The molecule has 0 saturated carbocycles. The number of rotatable bonds is 15. The van der Waals surface area contributed by atoms with E-state index in [0.29, 0.717) is 6.42 Å². The fourth-order valence-electron chi connectivity index (χ4n) is 2.19. The van der Waals surface area contributed by atoms with E-state index in [2.05, 4.69) is 15.6 Å². The number of aliphatic hydroxyl groups is 1. The Kier molecular flexibility index (Phi) is 12.9. The van der Waals surface area contributed by atoms with Crippen molar-refractivity contribution in [1.82, 2.24) is 16.0 Å². The van der Waals surface area contributed by atoms with E-state index in [0.717, 1.165) is 0 Å². The van der Waals surface area contributed by atoms with Gasteiger partial charge in [-0.15, -0.1) is 0 Å². The number of carboxylic acids is 2. The molecule has 0 aromatic carbocycles. The number of guanidine groups is 1. The third-order valence-electron chi connectivity index (χ3n) is 3.82. The van der Waals surface area contributed by atoms with Crippen LogP contribution in [0, 0.1) is 0 Å². The summed E-state index contributed by atoms with van der Waals surface area (Å²) in [5.74, 6) is -5.33. The summed E-state index contributed by atoms with van der Waals surface area (Å²) >= 11 is 0. The summed E-state index contributed by atoms with van der Waals surface area (Å²) in [6.45, 7) is -1.19. The van der Waals surface area contributed by atoms with Crippen molar-refractivity contribution in [3.8, 4) is 0 Å². The number of carboxylic acid groups (broad SMARTS) is 2. The molecule has 3 amide bonds. The van der Waals surface area contributed by atoms with Gasteiger partial charge in [-0.25, -0.2) is 4.79 Å². The minimum Gasteiger partial charge on any atom is -0.481 e. The molecule has 31 heavy (non-hydrogen) atoms. The predicted molar refractivity (Wildman–Crippen MR) is 106 cm³/mol. The molecule has 0 saturated heterocycles. The lowest BCUT2D eigenvalue weighted by molar-refractivity contribution is -0.144. The zero-order chi connectivity index (χ0) is 24.0. The van der Waals surface area contributed by atoms with Crippen molar-refractivity contribution in [1.29, 1.82) is 0 Å². The fraction of sp³-hybridized carbons (Fsp3) is 0.625. The number of carbonyl (C=O) groups is 5. The van der Waals surface area contributed by atoms with Gasteiger partial charge in [0.25, 0.3) is 0 Å². The molecule has 0 aliphatic rings. The van der Waals surface area contributed by atoms with Gasteiger partial charge in [-0.3, -0.25) is 24.2 Å². The van der Waals surface area contributed by atoms with Crippen molar-refractivity contribution in [2.24, 2.45) is 22.2 Å². The monoisotopic (exact) mass is 447 g/mol. The standard InChI is InChI=1S/C16H29N7O8/c17-8(2-1-5-20-16(18)19)13(28)21-6-11(25)22-9(3-4-12(26)27)14(29)23-10(7-24)15(30)31/h8-10,24H,1-7,17H2,(H,21,28)(H,22,25)(H,23,29)(H,26,27)(H,30,31)(H4,18,19,20)/t8-,9+,10+/m0/s1. The van der Waals surface area contributed by atoms with Crippen molar-refractivity contribution >= 4 is 35.6 Å². The van der Waals surface area contributed by atoms with E-state index in [1.54, 1.807) is 0 Å². The number of carbonyl (C=O) groups excluding carboxylic acids is 3. The summed E-state index contributed by atoms with van der Waals surface area (Å²) in [4.78, 5) is 61.6. The fourth-order valence-corrected chi connectivity index (χ4v) is 2.19. The maximum Gasteiger partial charge on any atom is 0.328 e. The highest BCUT2D eigenvalue weighted by molar-refractivity contribution is 5.92. The summed E-state index contributed by atoms with van der Waals surface area (Å²) in [6.07, 6.45) is -0.178. The van der Waals surface area contributed by atoms with Crippen LogP contribution < -0.4 is 33.2 Å². The van der Waals surface area contributed by atoms with Crippen LogP contribution in [0.3, 0.4) is 0 Å². The first-order chi connectivity index (χ1) is 14.5. The van der Waals surface area contributed by atoms with Gasteiger partial charge in [0.2, 0.25) is 17.7 Å². The van der Waals surface area contributed by atoms with Crippen LogP contribution in [-0.4, -0.2) is 88.8 Å². The molecule has 0 aliphatic heterocycles. The first kappa shape index (κ1) is 27.5. The Morgan fingerprint density at radius 2 is 1.58 bits per heavy atom. The lowest BCUT2D eigenvalue weighted by atomic mass is 10.1. The molecular formula is C16H29N7O8. The van der Waals surface area contributed by atoms with Gasteiger partial charge in [-0.05, 0) is 19.3 Å². The lowest BCUT2D eigenvalue weighted by Gasteiger charge is -2.20. The molecule has 0 aromatic heterocycles. The number of hydrogen-bond acceptors (Lipinski definition) is 8. The van der Waals surface area contributed by atoms with Crippen molar-refractivity contribution in [3.05, 3.63) is 0 Å². The van der Waals surface area contributed by atoms with Crippen LogP contribution in [0.25, 0.3) is 0 Å². The minimum atomic E-state index is -1.63. The van der Waals surface area contributed by atoms with Crippen LogP contribution in [0.2, 0.25) is 0 Å². The molecule has 176 valence electrons. The number of aliphatic imine (C=N–C) groups is 1. The number of amides is 3. The third kappa shape index (κ3) is 12.7. The van der Waals surface area contributed by atoms with Gasteiger partial charge in [0.15, 0.2) is 5.96 Å². The second-order valence-electron chi connectivity index (χ2n) is 6.41.